The Labute approximate surface area is 110 Å². The Morgan fingerprint density at radius 2 is 1.78 bits per heavy atom. The van der Waals surface area contributed by atoms with Gasteiger partial charge in [0.25, 0.3) is 0 Å². The molecule has 0 atom stereocenters. The van der Waals surface area contributed by atoms with Crippen molar-refractivity contribution < 1.29 is 5.11 Å². The minimum atomic E-state index is -0.735. The van der Waals surface area contributed by atoms with Crippen molar-refractivity contribution in [1.82, 2.24) is 5.32 Å². The monoisotopic (exact) mass is 247 g/mol. The van der Waals surface area contributed by atoms with E-state index in [2.05, 4.69) is 29.6 Å². The van der Waals surface area contributed by atoms with E-state index in [1.54, 1.807) is 0 Å². The summed E-state index contributed by atoms with van der Waals surface area (Å²) >= 11 is 0. The summed E-state index contributed by atoms with van der Waals surface area (Å²) in [6.07, 6.45) is 2.65. The van der Waals surface area contributed by atoms with Gasteiger partial charge in [0.1, 0.15) is 0 Å². The van der Waals surface area contributed by atoms with Crippen LogP contribution in [0.3, 0.4) is 0 Å². The average Bonchev–Trinajstić information content (AvgIpc) is 3.09. The molecule has 2 nitrogen and oxygen atoms in total. The number of rotatable bonds is 5. The van der Waals surface area contributed by atoms with Crippen LogP contribution in [0.1, 0.15) is 57.6 Å². The number of hydrogen-bond donors (Lipinski definition) is 2. The fourth-order valence-corrected chi connectivity index (χ4v) is 2.02. The van der Waals surface area contributed by atoms with Crippen LogP contribution in [0.25, 0.3) is 0 Å². The first-order valence-electron chi connectivity index (χ1n) is 6.86. The van der Waals surface area contributed by atoms with Gasteiger partial charge in [-0.15, -0.1) is 0 Å². The van der Waals surface area contributed by atoms with E-state index >= 15 is 0 Å². The molecule has 0 aromatic heterocycles. The smallest absolute Gasteiger partial charge is 0.0767 e. The van der Waals surface area contributed by atoms with E-state index < -0.39 is 5.60 Å². The standard InChI is InChI=1S/C16H25NO/c1-15(2,16(3,4)18)17-11-13-7-5-6-8-14(13)12-9-10-12/h5-8,12,17-18H,9-11H2,1-4H3. The molecule has 0 spiro atoms. The van der Waals surface area contributed by atoms with Crippen molar-refractivity contribution in [3.05, 3.63) is 35.4 Å². The number of benzene rings is 1. The minimum absolute atomic E-state index is 0.302. The van der Waals surface area contributed by atoms with Gasteiger partial charge in [-0.3, -0.25) is 0 Å². The maximum atomic E-state index is 10.2. The van der Waals surface area contributed by atoms with Crippen LogP contribution in [0.2, 0.25) is 0 Å². The molecule has 1 aliphatic rings. The van der Waals surface area contributed by atoms with Gasteiger partial charge in [0, 0.05) is 12.1 Å². The quantitative estimate of drug-likeness (QED) is 0.837. The molecule has 2 N–H and O–H groups in total. The molecular weight excluding hydrogens is 222 g/mol. The van der Waals surface area contributed by atoms with Gasteiger partial charge in [0.15, 0.2) is 0 Å². The Morgan fingerprint density at radius 3 is 2.33 bits per heavy atom. The van der Waals surface area contributed by atoms with Crippen molar-refractivity contribution in [3.8, 4) is 0 Å². The lowest BCUT2D eigenvalue weighted by molar-refractivity contribution is -0.00534. The van der Waals surface area contributed by atoms with E-state index in [0.29, 0.717) is 0 Å². The van der Waals surface area contributed by atoms with Crippen molar-refractivity contribution in [1.29, 1.82) is 0 Å². The Morgan fingerprint density at radius 1 is 1.17 bits per heavy atom. The summed E-state index contributed by atoms with van der Waals surface area (Å²) < 4.78 is 0. The van der Waals surface area contributed by atoms with Crippen LogP contribution in [0, 0.1) is 0 Å². The van der Waals surface area contributed by atoms with Gasteiger partial charge in [-0.1, -0.05) is 24.3 Å². The lowest BCUT2D eigenvalue weighted by Gasteiger charge is -2.38. The van der Waals surface area contributed by atoms with Crippen LogP contribution in [0.15, 0.2) is 24.3 Å². The third kappa shape index (κ3) is 2.93. The van der Waals surface area contributed by atoms with Crippen molar-refractivity contribution >= 4 is 0 Å². The molecule has 1 aromatic carbocycles. The van der Waals surface area contributed by atoms with Gasteiger partial charge in [-0.25, -0.2) is 0 Å². The Hall–Kier alpha value is -0.860. The van der Waals surface area contributed by atoms with Crippen LogP contribution in [0.5, 0.6) is 0 Å². The summed E-state index contributed by atoms with van der Waals surface area (Å²) in [6, 6.07) is 8.66. The molecule has 0 radical (unpaired) electrons. The van der Waals surface area contributed by atoms with Crippen LogP contribution in [-0.2, 0) is 6.54 Å². The fourth-order valence-electron chi connectivity index (χ4n) is 2.02. The molecule has 100 valence electrons. The predicted molar refractivity (Wildman–Crippen MR) is 75.6 cm³/mol. The first kappa shape index (κ1) is 13.6. The Balaban J connectivity index is 2.06. The number of aliphatic hydroxyl groups is 1. The normalized spacial score (nSPS) is 16.9. The summed E-state index contributed by atoms with van der Waals surface area (Å²) in [5.41, 5.74) is 1.82. The molecule has 2 rings (SSSR count). The summed E-state index contributed by atoms with van der Waals surface area (Å²) in [5.74, 6) is 0.772. The lowest BCUT2D eigenvalue weighted by atomic mass is 9.85. The molecule has 0 saturated heterocycles. The maximum Gasteiger partial charge on any atom is 0.0767 e. The van der Waals surface area contributed by atoms with Crippen molar-refractivity contribution in [2.75, 3.05) is 0 Å². The van der Waals surface area contributed by atoms with Crippen molar-refractivity contribution in [3.63, 3.8) is 0 Å². The largest absolute Gasteiger partial charge is 0.389 e. The highest BCUT2D eigenvalue weighted by Crippen LogP contribution is 2.41. The van der Waals surface area contributed by atoms with E-state index in [4.69, 9.17) is 0 Å². The SMILES string of the molecule is CC(C)(O)C(C)(C)NCc1ccccc1C1CC1. The topological polar surface area (TPSA) is 32.3 Å². The summed E-state index contributed by atoms with van der Waals surface area (Å²) in [6.45, 7) is 8.63. The molecule has 0 aliphatic heterocycles. The molecule has 1 aliphatic carbocycles. The molecular formula is C16H25NO. The predicted octanol–water partition coefficient (Wildman–Crippen LogP) is 3.20. The van der Waals surface area contributed by atoms with Gasteiger partial charge in [0.05, 0.1) is 5.60 Å². The third-order valence-electron chi connectivity index (χ3n) is 4.32. The highest BCUT2D eigenvalue weighted by atomic mass is 16.3. The zero-order valence-electron chi connectivity index (χ0n) is 12.0. The summed E-state index contributed by atoms with van der Waals surface area (Å²) in [5, 5.41) is 13.6. The van der Waals surface area contributed by atoms with E-state index in [0.717, 1.165) is 12.5 Å². The van der Waals surface area contributed by atoms with Crippen LogP contribution in [0.4, 0.5) is 0 Å². The van der Waals surface area contributed by atoms with Gasteiger partial charge in [-0.2, -0.15) is 0 Å². The van der Waals surface area contributed by atoms with Crippen molar-refractivity contribution in [2.45, 2.75) is 64.1 Å². The van der Waals surface area contributed by atoms with E-state index in [1.165, 1.54) is 24.0 Å². The third-order valence-corrected chi connectivity index (χ3v) is 4.32. The van der Waals surface area contributed by atoms with Gasteiger partial charge < -0.3 is 10.4 Å². The molecule has 18 heavy (non-hydrogen) atoms. The zero-order valence-corrected chi connectivity index (χ0v) is 12.0. The second kappa shape index (κ2) is 4.67. The lowest BCUT2D eigenvalue weighted by Crippen LogP contribution is -2.55. The molecule has 0 unspecified atom stereocenters. The van der Waals surface area contributed by atoms with Crippen LogP contribution >= 0.6 is 0 Å². The highest BCUT2D eigenvalue weighted by Gasteiger charge is 2.34. The Bertz CT molecular complexity index is 413. The first-order chi connectivity index (χ1) is 8.31. The molecule has 0 amide bonds. The number of hydrogen-bond acceptors (Lipinski definition) is 2. The van der Waals surface area contributed by atoms with Crippen LogP contribution in [-0.4, -0.2) is 16.2 Å². The van der Waals surface area contributed by atoms with Crippen LogP contribution < -0.4 is 5.32 Å². The molecule has 1 saturated carbocycles. The molecule has 1 aromatic rings. The van der Waals surface area contributed by atoms with Gasteiger partial charge in [0.2, 0.25) is 0 Å². The van der Waals surface area contributed by atoms with E-state index in [9.17, 15) is 5.11 Å². The minimum Gasteiger partial charge on any atom is -0.389 e. The second-order valence-electron chi connectivity index (χ2n) is 6.51. The zero-order chi connectivity index (χ0) is 13.4. The molecule has 0 bridgehead atoms. The van der Waals surface area contributed by atoms with E-state index in [1.807, 2.05) is 27.7 Å². The maximum absolute atomic E-state index is 10.2. The summed E-state index contributed by atoms with van der Waals surface area (Å²) in [7, 11) is 0. The molecule has 0 heterocycles. The summed E-state index contributed by atoms with van der Waals surface area (Å²) in [4.78, 5) is 0. The highest BCUT2D eigenvalue weighted by molar-refractivity contribution is 5.33. The van der Waals surface area contributed by atoms with Gasteiger partial charge in [-0.05, 0) is 57.6 Å². The van der Waals surface area contributed by atoms with Gasteiger partial charge >= 0.3 is 0 Å². The Kier molecular flexibility index (Phi) is 3.52. The first-order valence-corrected chi connectivity index (χ1v) is 6.86. The fraction of sp³-hybridized carbons (Fsp3) is 0.625. The van der Waals surface area contributed by atoms with E-state index in [-0.39, 0.29) is 5.54 Å². The molecule has 1 fully saturated rings. The molecule has 2 heteroatoms. The second-order valence-corrected chi connectivity index (χ2v) is 6.51. The average molecular weight is 247 g/mol. The number of nitrogens with one attached hydrogen (secondary N) is 1. The van der Waals surface area contributed by atoms with Crippen molar-refractivity contribution in [2.24, 2.45) is 0 Å².